The number of alkyl halides is 3. The molecular formula is C17H12F3N3O3. The molecule has 0 aliphatic heterocycles. The predicted octanol–water partition coefficient (Wildman–Crippen LogP) is 3.19. The first-order chi connectivity index (χ1) is 11.9. The van der Waals surface area contributed by atoms with Crippen molar-refractivity contribution >= 4 is 16.4 Å². The van der Waals surface area contributed by atoms with Crippen molar-refractivity contribution in [2.75, 3.05) is 0 Å². The molecular weight excluding hydrogens is 351 g/mol. The number of benzene rings is 2. The zero-order valence-electron chi connectivity index (χ0n) is 13.1. The zero-order chi connectivity index (χ0) is 17.6. The van der Waals surface area contributed by atoms with Crippen LogP contribution in [0.15, 0.2) is 60.7 Å². The van der Waals surface area contributed by atoms with Crippen molar-refractivity contribution in [3.8, 4) is 17.3 Å². The number of rotatable bonds is 2. The summed E-state index contributed by atoms with van der Waals surface area (Å²) in [7, 11) is 0. The summed E-state index contributed by atoms with van der Waals surface area (Å²) in [5, 5.41) is 15.7. The third-order valence-corrected chi connectivity index (χ3v) is 3.74. The molecule has 0 aliphatic carbocycles. The fourth-order valence-corrected chi connectivity index (χ4v) is 2.66. The highest BCUT2D eigenvalue weighted by Gasteiger charge is 2.31. The molecule has 0 aliphatic rings. The lowest BCUT2D eigenvalue weighted by Crippen LogP contribution is -2.25. The summed E-state index contributed by atoms with van der Waals surface area (Å²) in [5.41, 5.74) is 1.68. The maximum atomic E-state index is 12.2. The second kappa shape index (κ2) is 6.19. The Labute approximate surface area is 144 Å². The topological polar surface area (TPSA) is 81.4 Å². The van der Waals surface area contributed by atoms with Crippen LogP contribution in [0.2, 0.25) is 0 Å². The lowest BCUT2D eigenvalue weighted by molar-refractivity contribution is -0.555. The second-order valence-corrected chi connectivity index (χ2v) is 5.36. The molecule has 2 aromatic carbocycles. The van der Waals surface area contributed by atoms with Gasteiger partial charge in [0.05, 0.1) is 0 Å². The number of para-hydroxylation sites is 1. The molecule has 0 fully saturated rings. The lowest BCUT2D eigenvalue weighted by atomic mass is 10.2. The van der Waals surface area contributed by atoms with Crippen molar-refractivity contribution in [2.45, 2.75) is 6.36 Å². The van der Waals surface area contributed by atoms with Crippen molar-refractivity contribution in [1.82, 2.24) is 9.90 Å². The minimum absolute atomic E-state index is 0. The number of nitrogens with zero attached hydrogens (tertiary/aromatic N) is 3. The molecule has 26 heavy (non-hydrogen) atoms. The van der Waals surface area contributed by atoms with Crippen molar-refractivity contribution in [3.63, 3.8) is 0 Å². The Morgan fingerprint density at radius 3 is 2.31 bits per heavy atom. The smallest absolute Gasteiger partial charge is 0.573 e. The molecule has 2 heterocycles. The first-order valence-corrected chi connectivity index (χ1v) is 7.30. The van der Waals surface area contributed by atoms with E-state index in [0.717, 1.165) is 23.0 Å². The van der Waals surface area contributed by atoms with Crippen LogP contribution in [-0.2, 0) is 0 Å². The molecule has 0 spiro atoms. The highest BCUT2D eigenvalue weighted by Crippen LogP contribution is 2.26. The number of aromatic hydroxyl groups is 1. The van der Waals surface area contributed by atoms with E-state index in [2.05, 4.69) is 9.95 Å². The van der Waals surface area contributed by atoms with Gasteiger partial charge in [0.1, 0.15) is 11.0 Å². The number of aromatic nitrogens is 3. The number of fused-ring (bicyclic) bond motifs is 3. The summed E-state index contributed by atoms with van der Waals surface area (Å²) in [6.45, 7) is 0. The Morgan fingerprint density at radius 1 is 0.923 bits per heavy atom. The first-order valence-electron chi connectivity index (χ1n) is 7.30. The van der Waals surface area contributed by atoms with Crippen molar-refractivity contribution in [3.05, 3.63) is 60.7 Å². The van der Waals surface area contributed by atoms with E-state index in [1.54, 1.807) is 10.6 Å². The third kappa shape index (κ3) is 3.00. The largest absolute Gasteiger partial charge is 0.870 e. The average molecular weight is 363 g/mol. The van der Waals surface area contributed by atoms with Gasteiger partial charge in [0.2, 0.25) is 5.52 Å². The SMILES string of the molecule is Oc1c2ccc3ccccc3[n+]2nn1-c1ccc(OC(F)(F)F)cc1.[OH-]. The van der Waals surface area contributed by atoms with Crippen LogP contribution in [0.1, 0.15) is 0 Å². The first kappa shape index (κ1) is 17.5. The summed E-state index contributed by atoms with van der Waals surface area (Å²) in [6.07, 6.45) is -4.75. The maximum absolute atomic E-state index is 12.2. The number of halogens is 3. The van der Waals surface area contributed by atoms with Crippen LogP contribution >= 0.6 is 0 Å². The Morgan fingerprint density at radius 2 is 1.62 bits per heavy atom. The normalized spacial score (nSPS) is 11.5. The fraction of sp³-hybridized carbons (Fsp3) is 0.0588. The minimum Gasteiger partial charge on any atom is -0.870 e. The predicted molar refractivity (Wildman–Crippen MR) is 84.5 cm³/mol. The molecule has 134 valence electrons. The van der Waals surface area contributed by atoms with Crippen molar-refractivity contribution in [1.29, 1.82) is 0 Å². The van der Waals surface area contributed by atoms with Gasteiger partial charge in [-0.15, -0.1) is 13.2 Å². The van der Waals surface area contributed by atoms with Gasteiger partial charge in [0, 0.05) is 5.39 Å². The van der Waals surface area contributed by atoms with E-state index in [0.29, 0.717) is 11.2 Å². The molecule has 0 radical (unpaired) electrons. The Balaban J connectivity index is 0.00000196. The van der Waals surface area contributed by atoms with E-state index in [-0.39, 0.29) is 17.1 Å². The Bertz CT molecular complexity index is 1080. The summed E-state index contributed by atoms with van der Waals surface area (Å²) in [4.78, 5) is 0. The van der Waals surface area contributed by atoms with Crippen LogP contribution in [0.25, 0.3) is 22.1 Å². The van der Waals surface area contributed by atoms with Gasteiger partial charge in [-0.25, -0.2) is 0 Å². The lowest BCUT2D eigenvalue weighted by Gasteiger charge is -2.08. The van der Waals surface area contributed by atoms with Crippen LogP contribution in [0, 0.1) is 0 Å². The van der Waals surface area contributed by atoms with Gasteiger partial charge in [-0.05, 0) is 42.5 Å². The molecule has 6 nitrogen and oxygen atoms in total. The van der Waals surface area contributed by atoms with Crippen LogP contribution < -0.4 is 9.25 Å². The van der Waals surface area contributed by atoms with Gasteiger partial charge in [0.15, 0.2) is 11.2 Å². The molecule has 9 heteroatoms. The standard InChI is InChI=1S/C17H10F3N3O2.H2O/c18-17(19,20)25-13-8-6-12(7-9-13)22-16(24)15-10-5-11-3-1-2-4-14(11)23(15)21-22;/h1-10H;1H2. The van der Waals surface area contributed by atoms with Gasteiger partial charge in [0.25, 0.3) is 0 Å². The van der Waals surface area contributed by atoms with Crippen molar-refractivity contribution < 1.29 is 33.0 Å². The molecule has 0 saturated heterocycles. The Hall–Kier alpha value is -3.33. The number of pyridine rings is 1. The van der Waals surface area contributed by atoms with E-state index in [4.69, 9.17) is 0 Å². The fourth-order valence-electron chi connectivity index (χ4n) is 2.66. The van der Waals surface area contributed by atoms with E-state index in [1.165, 1.54) is 16.8 Å². The van der Waals surface area contributed by atoms with E-state index >= 15 is 0 Å². The van der Waals surface area contributed by atoms with Gasteiger partial charge < -0.3 is 15.3 Å². The molecule has 4 aromatic rings. The van der Waals surface area contributed by atoms with Gasteiger partial charge in [-0.1, -0.05) is 27.4 Å². The molecule has 4 rings (SSSR count). The second-order valence-electron chi connectivity index (χ2n) is 5.36. The molecule has 2 aromatic heterocycles. The summed E-state index contributed by atoms with van der Waals surface area (Å²) >= 11 is 0. The molecule has 0 unspecified atom stereocenters. The number of hydrogen-bond donors (Lipinski definition) is 1. The molecule has 0 amide bonds. The van der Waals surface area contributed by atoms with Crippen molar-refractivity contribution in [2.24, 2.45) is 0 Å². The minimum atomic E-state index is -4.75. The van der Waals surface area contributed by atoms with Crippen LogP contribution in [0.3, 0.4) is 0 Å². The van der Waals surface area contributed by atoms with E-state index in [1.807, 2.05) is 30.3 Å². The highest BCUT2D eigenvalue weighted by molar-refractivity contribution is 5.77. The van der Waals surface area contributed by atoms with Gasteiger partial charge in [-0.2, -0.15) is 0 Å². The number of ether oxygens (including phenoxy) is 1. The summed E-state index contributed by atoms with van der Waals surface area (Å²) in [6, 6.07) is 16.2. The molecule has 0 atom stereocenters. The van der Waals surface area contributed by atoms with Crippen LogP contribution in [-0.4, -0.2) is 26.8 Å². The van der Waals surface area contributed by atoms with Crippen LogP contribution in [0.4, 0.5) is 13.2 Å². The van der Waals surface area contributed by atoms with Gasteiger partial charge in [-0.3, -0.25) is 0 Å². The highest BCUT2D eigenvalue weighted by atomic mass is 19.4. The summed E-state index contributed by atoms with van der Waals surface area (Å²) < 4.78 is 43.4. The maximum Gasteiger partial charge on any atom is 0.573 e. The molecule has 0 saturated carbocycles. The average Bonchev–Trinajstić information content (AvgIpc) is 2.92. The third-order valence-electron chi connectivity index (χ3n) is 3.74. The Kier molecular flexibility index (Phi) is 4.17. The van der Waals surface area contributed by atoms with E-state index < -0.39 is 6.36 Å². The van der Waals surface area contributed by atoms with E-state index in [9.17, 15) is 18.3 Å². The zero-order valence-corrected chi connectivity index (χ0v) is 13.1. The molecule has 2 N–H and O–H groups in total. The molecule has 0 bridgehead atoms. The van der Waals surface area contributed by atoms with Gasteiger partial charge >= 0.3 is 12.2 Å². The summed E-state index contributed by atoms with van der Waals surface area (Å²) in [5.74, 6) is -0.458. The monoisotopic (exact) mass is 363 g/mol. The number of hydrogen-bond acceptors (Lipinski definition) is 4. The quantitative estimate of drug-likeness (QED) is 0.555. The van der Waals surface area contributed by atoms with Crippen LogP contribution in [0.5, 0.6) is 11.6 Å².